The fourth-order valence-corrected chi connectivity index (χ4v) is 2.60. The fourth-order valence-electron chi connectivity index (χ4n) is 2.60. The van der Waals surface area contributed by atoms with E-state index in [-0.39, 0.29) is 18.1 Å². The zero-order valence-corrected chi connectivity index (χ0v) is 14.5. The Balaban J connectivity index is 1.62. The van der Waals surface area contributed by atoms with Gasteiger partial charge in [-0.2, -0.15) is 10.2 Å². The van der Waals surface area contributed by atoms with Crippen molar-refractivity contribution in [3.05, 3.63) is 65.1 Å². The molecule has 6 nitrogen and oxygen atoms in total. The van der Waals surface area contributed by atoms with Gasteiger partial charge in [0.05, 0.1) is 6.54 Å². The van der Waals surface area contributed by atoms with Crippen molar-refractivity contribution in [3.63, 3.8) is 0 Å². The van der Waals surface area contributed by atoms with Crippen molar-refractivity contribution in [1.82, 2.24) is 19.6 Å². The molecule has 0 radical (unpaired) electrons. The van der Waals surface area contributed by atoms with E-state index < -0.39 is 6.43 Å². The van der Waals surface area contributed by atoms with Crippen molar-refractivity contribution in [2.24, 2.45) is 0 Å². The molecule has 0 saturated carbocycles. The van der Waals surface area contributed by atoms with Gasteiger partial charge in [0.25, 0.3) is 6.43 Å². The Labute approximate surface area is 149 Å². The van der Waals surface area contributed by atoms with Crippen LogP contribution in [0.3, 0.4) is 0 Å². The first-order chi connectivity index (χ1) is 12.4. The van der Waals surface area contributed by atoms with E-state index in [1.54, 1.807) is 23.9 Å². The van der Waals surface area contributed by atoms with Gasteiger partial charge < -0.3 is 5.32 Å². The van der Waals surface area contributed by atoms with Gasteiger partial charge in [-0.25, -0.2) is 8.78 Å². The van der Waals surface area contributed by atoms with Crippen LogP contribution in [-0.4, -0.2) is 25.5 Å². The maximum absolute atomic E-state index is 12.7. The molecule has 0 aliphatic heterocycles. The number of nitrogens with zero attached hydrogens (tertiary/aromatic N) is 4. The third-order valence-corrected chi connectivity index (χ3v) is 4.02. The molecule has 0 aliphatic carbocycles. The molecule has 0 saturated heterocycles. The van der Waals surface area contributed by atoms with Gasteiger partial charge in [-0.15, -0.1) is 0 Å². The van der Waals surface area contributed by atoms with E-state index in [2.05, 4.69) is 15.5 Å². The summed E-state index contributed by atoms with van der Waals surface area (Å²) in [5.74, 6) is 0.0284. The van der Waals surface area contributed by atoms with E-state index in [1.807, 2.05) is 31.2 Å². The van der Waals surface area contributed by atoms with Gasteiger partial charge in [-0.3, -0.25) is 14.2 Å². The summed E-state index contributed by atoms with van der Waals surface area (Å²) >= 11 is 0. The molecular formula is C18H19F2N5O. The third kappa shape index (κ3) is 4.14. The number of alkyl halides is 2. The molecule has 0 spiro atoms. The molecule has 1 amide bonds. The second-order valence-electron chi connectivity index (χ2n) is 6.04. The van der Waals surface area contributed by atoms with E-state index in [0.29, 0.717) is 18.1 Å². The molecule has 26 heavy (non-hydrogen) atoms. The number of aromatic nitrogens is 4. The van der Waals surface area contributed by atoms with Crippen LogP contribution in [0.4, 0.5) is 14.6 Å². The van der Waals surface area contributed by atoms with E-state index in [9.17, 15) is 13.6 Å². The maximum atomic E-state index is 12.7. The minimum absolute atomic E-state index is 0.150. The highest BCUT2D eigenvalue weighted by molar-refractivity contribution is 5.89. The lowest BCUT2D eigenvalue weighted by Gasteiger charge is -2.06. The summed E-state index contributed by atoms with van der Waals surface area (Å²) in [6.07, 6.45) is -0.883. The number of carbonyl (C=O) groups excluding carboxylic acids is 1. The summed E-state index contributed by atoms with van der Waals surface area (Å²) < 4.78 is 28.3. The number of halogens is 2. The zero-order valence-electron chi connectivity index (χ0n) is 14.5. The number of hydrogen-bond donors (Lipinski definition) is 1. The predicted octanol–water partition coefficient (Wildman–Crippen LogP) is 3.32. The van der Waals surface area contributed by atoms with Crippen molar-refractivity contribution in [2.45, 2.75) is 33.4 Å². The van der Waals surface area contributed by atoms with Gasteiger partial charge in [-0.05, 0) is 31.0 Å². The minimum Gasteiger partial charge on any atom is -0.308 e. The number of hydrogen-bond acceptors (Lipinski definition) is 3. The molecule has 3 aromatic rings. The Morgan fingerprint density at radius 2 is 1.96 bits per heavy atom. The molecule has 8 heteroatoms. The number of aryl methyl sites for hydroxylation is 2. The normalized spacial score (nSPS) is 11.1. The van der Waals surface area contributed by atoms with E-state index in [1.165, 1.54) is 10.7 Å². The summed E-state index contributed by atoms with van der Waals surface area (Å²) in [6.45, 7) is 4.10. The van der Waals surface area contributed by atoms with Crippen molar-refractivity contribution < 1.29 is 13.6 Å². The van der Waals surface area contributed by atoms with Gasteiger partial charge in [0.2, 0.25) is 5.91 Å². The summed E-state index contributed by atoms with van der Waals surface area (Å²) in [6, 6.07) is 11.0. The molecule has 136 valence electrons. The van der Waals surface area contributed by atoms with Gasteiger partial charge in [0.15, 0.2) is 5.82 Å². The van der Waals surface area contributed by atoms with Gasteiger partial charge in [0, 0.05) is 18.0 Å². The second-order valence-corrected chi connectivity index (χ2v) is 6.04. The second kappa shape index (κ2) is 7.47. The van der Waals surface area contributed by atoms with Gasteiger partial charge >= 0.3 is 0 Å². The van der Waals surface area contributed by atoms with Crippen molar-refractivity contribution in [2.75, 3.05) is 5.32 Å². The Morgan fingerprint density at radius 3 is 2.65 bits per heavy atom. The molecule has 3 rings (SSSR count). The lowest BCUT2D eigenvalue weighted by Crippen LogP contribution is -2.20. The molecule has 0 bridgehead atoms. The number of nitrogens with one attached hydrogen (secondary N) is 1. The van der Waals surface area contributed by atoms with Crippen LogP contribution < -0.4 is 5.32 Å². The fraction of sp³-hybridized carbons (Fsp3) is 0.278. The third-order valence-electron chi connectivity index (χ3n) is 4.02. The molecule has 0 aliphatic rings. The largest absolute Gasteiger partial charge is 0.308 e. The average Bonchev–Trinajstić information content (AvgIpc) is 3.17. The molecule has 1 N–H and O–H groups in total. The first-order valence-electron chi connectivity index (χ1n) is 8.12. The van der Waals surface area contributed by atoms with E-state index in [0.717, 1.165) is 11.1 Å². The summed E-state index contributed by atoms with van der Waals surface area (Å²) in [5, 5.41) is 10.7. The van der Waals surface area contributed by atoms with Gasteiger partial charge in [0.1, 0.15) is 12.2 Å². The molecule has 2 aromatic heterocycles. The Bertz CT molecular complexity index is 916. The van der Waals surface area contributed by atoms with Crippen LogP contribution in [0, 0.1) is 13.8 Å². The average molecular weight is 359 g/mol. The number of rotatable bonds is 6. The molecule has 0 unspecified atom stereocenters. The molecule has 2 heterocycles. The van der Waals surface area contributed by atoms with E-state index in [4.69, 9.17) is 0 Å². The van der Waals surface area contributed by atoms with Gasteiger partial charge in [-0.1, -0.05) is 24.3 Å². The van der Waals surface area contributed by atoms with Crippen LogP contribution >= 0.6 is 0 Å². The highest BCUT2D eigenvalue weighted by Gasteiger charge is 2.15. The van der Waals surface area contributed by atoms with Crippen LogP contribution in [0.1, 0.15) is 28.9 Å². The lowest BCUT2D eigenvalue weighted by molar-refractivity contribution is -0.117. The Morgan fingerprint density at radius 1 is 1.19 bits per heavy atom. The number of benzene rings is 1. The monoisotopic (exact) mass is 359 g/mol. The van der Waals surface area contributed by atoms with E-state index >= 15 is 0 Å². The van der Waals surface area contributed by atoms with Crippen molar-refractivity contribution in [3.8, 4) is 0 Å². The Kier molecular flexibility index (Phi) is 5.11. The van der Waals surface area contributed by atoms with Crippen LogP contribution in [0.5, 0.6) is 0 Å². The van der Waals surface area contributed by atoms with Crippen LogP contribution in [0.25, 0.3) is 0 Å². The first-order valence-corrected chi connectivity index (χ1v) is 8.12. The molecular weight excluding hydrogens is 340 g/mol. The highest BCUT2D eigenvalue weighted by atomic mass is 19.3. The molecule has 0 fully saturated rings. The van der Waals surface area contributed by atoms with Crippen LogP contribution in [-0.2, 0) is 17.9 Å². The zero-order chi connectivity index (χ0) is 18.7. The lowest BCUT2D eigenvalue weighted by atomic mass is 10.1. The van der Waals surface area contributed by atoms with Crippen LogP contribution in [0.15, 0.2) is 42.6 Å². The first kappa shape index (κ1) is 17.8. The van der Waals surface area contributed by atoms with Crippen molar-refractivity contribution in [1.29, 1.82) is 0 Å². The quantitative estimate of drug-likeness (QED) is 0.734. The topological polar surface area (TPSA) is 64.7 Å². The predicted molar refractivity (Wildman–Crippen MR) is 93.1 cm³/mol. The summed E-state index contributed by atoms with van der Waals surface area (Å²) in [4.78, 5) is 12.1. The molecule has 1 aromatic carbocycles. The van der Waals surface area contributed by atoms with Crippen LogP contribution in [0.2, 0.25) is 0 Å². The minimum atomic E-state index is -2.66. The highest BCUT2D eigenvalue weighted by Crippen LogP contribution is 2.18. The SMILES string of the molecule is Cc1ccccc1Cn1ccc(NC(=O)Cn2nc(C(F)F)cc2C)n1. The summed E-state index contributed by atoms with van der Waals surface area (Å²) in [5.41, 5.74) is 2.47. The standard InChI is InChI=1S/C18H19F2N5O/c1-12-5-3-4-6-14(12)10-24-8-7-16(23-24)21-17(26)11-25-13(2)9-15(22-25)18(19)20/h3-9,18H,10-11H2,1-2H3,(H,21,23,26). The number of anilines is 1. The number of carbonyl (C=O) groups is 1. The Hall–Kier alpha value is -3.03. The molecule has 0 atom stereocenters. The summed E-state index contributed by atoms with van der Waals surface area (Å²) in [7, 11) is 0. The maximum Gasteiger partial charge on any atom is 0.282 e. The number of amides is 1. The smallest absolute Gasteiger partial charge is 0.282 e. The van der Waals surface area contributed by atoms with Crippen molar-refractivity contribution >= 4 is 11.7 Å².